The maximum absolute atomic E-state index is 15.4. The maximum atomic E-state index is 15.4. The minimum atomic E-state index is -2.71. The number of nitrogens with two attached hydrogens (primary N) is 8. The molecule has 668 valence electrons. The zero-order valence-electron chi connectivity index (χ0n) is 69.4. The third-order valence-corrected chi connectivity index (χ3v) is 20.6. The van der Waals surface area contributed by atoms with E-state index >= 15 is 33.6 Å². The number of primary amides is 4. The molecule has 2 aliphatic rings. The Labute approximate surface area is 689 Å². The highest BCUT2D eigenvalue weighted by molar-refractivity contribution is 6.01. The Morgan fingerprint density at radius 1 is 0.613 bits per heavy atom. The van der Waals surface area contributed by atoms with E-state index in [4.69, 9.17) is 55.3 Å². The summed E-state index contributed by atoms with van der Waals surface area (Å²) in [5, 5.41) is 78.3. The van der Waals surface area contributed by atoms with Crippen molar-refractivity contribution in [3.63, 3.8) is 0 Å². The van der Waals surface area contributed by atoms with Gasteiger partial charge in [-0.25, -0.2) is 4.79 Å². The van der Waals surface area contributed by atoms with Crippen LogP contribution in [0.15, 0.2) is 34.3 Å². The van der Waals surface area contributed by atoms with Gasteiger partial charge in [-0.2, -0.15) is 0 Å². The smallest absolute Gasteiger partial charge is 0.329 e. The van der Waals surface area contributed by atoms with Gasteiger partial charge in [0.05, 0.1) is 37.0 Å². The number of aliphatic imine (C=N–C) groups is 2. The molecule has 1 aromatic rings. The van der Waals surface area contributed by atoms with Crippen LogP contribution in [-0.2, 0) is 86.2 Å². The number of aliphatic hydroxyl groups is 4. The molecule has 2 aliphatic heterocycles. The Bertz CT molecular complexity index is 3750. The van der Waals surface area contributed by atoms with Crippen LogP contribution in [0.25, 0.3) is 0 Å². The van der Waals surface area contributed by atoms with Crippen LogP contribution in [-0.4, -0.2) is 273 Å². The normalized spacial score (nSPS) is 23.3. The zero-order valence-corrected chi connectivity index (χ0v) is 69.4. The quantitative estimate of drug-likeness (QED) is 0.0127. The first-order valence-corrected chi connectivity index (χ1v) is 39.3. The number of carbonyl (C=O) groups is 16. The SMILES string of the molecule is COC(c1ccc(O)cc1)[C@@H]1NC(=O)[C@H](CCC(N)=O)N(C)C(=O)[C@H](CC(C)C)NC(=O)[C@@H](CCCN=C(N)N)NC(=O)[C@@H]([C@@H](C)O)NC(=O)[C@H](NC(=O)[C@@H](NC(=O)C(O)C(O)[C@H](CCCN=C(N)N)NC(=O)[C@H](CC(N)=O)NC(=O)C(C)C(O)C(C)CC(C)C)[C@@H](C)[C@@H](C)C(N)=O)[C@@H](C)OC(=O)[C@@H]2CCCCN2C(=O)[C@@H](CC(N)=O)NC1=O. The molecule has 30 N–H and O–H groups in total. The molecule has 2 fully saturated rings. The van der Waals surface area contributed by atoms with Crippen LogP contribution in [0.5, 0.6) is 5.75 Å². The van der Waals surface area contributed by atoms with Gasteiger partial charge in [0.1, 0.15) is 84.5 Å². The lowest BCUT2D eigenvalue weighted by atomic mass is 9.87. The third-order valence-electron chi connectivity index (χ3n) is 20.6. The number of aromatic hydroxyl groups is 1. The Morgan fingerprint density at radius 3 is 1.74 bits per heavy atom. The first-order chi connectivity index (χ1) is 55.5. The Kier molecular flexibility index (Phi) is 41.8. The lowest BCUT2D eigenvalue weighted by molar-refractivity contribution is -0.164. The average Bonchev–Trinajstić information content (AvgIpc) is 0.995. The molecular formula is C75H125N21O23. The first kappa shape index (κ1) is 102. The number of hydrogen-bond acceptors (Lipinski definition) is 25. The van der Waals surface area contributed by atoms with E-state index in [-0.39, 0.29) is 93.7 Å². The van der Waals surface area contributed by atoms with Gasteiger partial charge in [-0.1, -0.05) is 67.5 Å². The highest BCUT2D eigenvalue weighted by Gasteiger charge is 2.47. The predicted octanol–water partition coefficient (Wildman–Crippen LogP) is -7.69. The van der Waals surface area contributed by atoms with Gasteiger partial charge in [-0.3, -0.25) is 81.9 Å². The van der Waals surface area contributed by atoms with Crippen molar-refractivity contribution in [3.05, 3.63) is 29.8 Å². The van der Waals surface area contributed by atoms with Gasteiger partial charge in [0.2, 0.25) is 82.7 Å². The number of carbonyl (C=O) groups excluding carboxylic acids is 16. The molecule has 15 amide bonds. The monoisotopic (exact) mass is 1690 g/mol. The highest BCUT2D eigenvalue weighted by atomic mass is 16.5. The molecule has 0 radical (unpaired) electrons. The highest BCUT2D eigenvalue weighted by Crippen LogP contribution is 2.28. The molecule has 2 heterocycles. The van der Waals surface area contributed by atoms with Crippen LogP contribution in [0, 0.1) is 35.5 Å². The van der Waals surface area contributed by atoms with Gasteiger partial charge in [0.25, 0.3) is 5.91 Å². The molecule has 0 spiro atoms. The van der Waals surface area contributed by atoms with Gasteiger partial charge in [0, 0.05) is 46.1 Å². The third kappa shape index (κ3) is 32.3. The number of fused-ring (bicyclic) bond motifs is 1. The Balaban J connectivity index is 2.43. The Hall–Kier alpha value is -11.1. The second kappa shape index (κ2) is 48.7. The van der Waals surface area contributed by atoms with Crippen LogP contribution in [0.4, 0.5) is 0 Å². The summed E-state index contributed by atoms with van der Waals surface area (Å²) in [7, 11) is 2.25. The van der Waals surface area contributed by atoms with Crippen molar-refractivity contribution < 1.29 is 112 Å². The number of methoxy groups -OCH3 is 1. The summed E-state index contributed by atoms with van der Waals surface area (Å²) in [6.07, 6.45) is -15.5. The van der Waals surface area contributed by atoms with Crippen molar-refractivity contribution in [1.29, 1.82) is 0 Å². The number of piperidine rings is 1. The number of phenols is 1. The number of nitrogens with zero attached hydrogens (tertiary/aromatic N) is 4. The van der Waals surface area contributed by atoms with E-state index in [1.54, 1.807) is 20.8 Å². The molecule has 3 rings (SSSR count). The van der Waals surface area contributed by atoms with Crippen molar-refractivity contribution in [1.82, 2.24) is 57.7 Å². The van der Waals surface area contributed by atoms with E-state index in [9.17, 15) is 68.7 Å². The van der Waals surface area contributed by atoms with Crippen LogP contribution >= 0.6 is 0 Å². The molecule has 44 nitrogen and oxygen atoms in total. The first-order valence-electron chi connectivity index (χ1n) is 39.3. The number of benzene rings is 1. The van der Waals surface area contributed by atoms with Gasteiger partial charge in [-0.05, 0) is 119 Å². The molecule has 0 saturated carbocycles. The van der Waals surface area contributed by atoms with Gasteiger partial charge in [-0.15, -0.1) is 0 Å². The Morgan fingerprint density at radius 2 is 1.19 bits per heavy atom. The number of guanidine groups is 2. The van der Waals surface area contributed by atoms with Crippen LogP contribution < -0.4 is 93.7 Å². The van der Waals surface area contributed by atoms with E-state index in [2.05, 4.69) is 57.8 Å². The van der Waals surface area contributed by atoms with Crippen LogP contribution in [0.2, 0.25) is 0 Å². The standard InChI is InChI=1S/C75H125N21O23/c1-33(2)29-35(5)57(102)38(8)62(106)88-45(31-51(77)100)64(108)86-43(17-15-26-84-74(80)81)58(103)59(104)70(114)91-53(36(6)37(7)61(79)105)66(110)93-55-40(10)119-73(117)49-19-13-14-28-96(49)72(116)47(32-52(78)101)90-69(113)56(60(118-12)41-20-22-42(98)23-21-41)94-65(109)48(24-25-50(76)99)95(11)71(115)46(30-34(3)4)89-63(107)44(18-16-27-85-75(82)83)87-67(111)54(39(9)97)92-68(55)112/h20-23,33-40,43-49,53-60,97-98,102-104H,13-19,24-32H2,1-12H3,(H2,76,99)(H2,77,100)(H2,78,101)(H2,79,105)(H,86,108)(H,87,111)(H,88,106)(H,89,107)(H,90,113)(H,91,114)(H,92,112)(H,93,110)(H,94,109)(H4,80,81,84)(H4,82,83,85)/t35?,36-,37+,38?,39+,40+,43-,44+,45-,46-,47+,48-,49-,53-,54+,55+,56-,57?,58?,59?,60?/m0/s1. The largest absolute Gasteiger partial charge is 0.508 e. The number of esters is 1. The lowest BCUT2D eigenvalue weighted by Crippen LogP contribution is -2.65. The average molecular weight is 1690 g/mol. The number of phenolic OH excluding ortho intramolecular Hbond substituents is 1. The predicted molar refractivity (Wildman–Crippen MR) is 427 cm³/mol. The molecule has 1 aromatic carbocycles. The van der Waals surface area contributed by atoms with Gasteiger partial charge in [0.15, 0.2) is 18.0 Å². The van der Waals surface area contributed by atoms with E-state index in [0.29, 0.717) is 6.42 Å². The van der Waals surface area contributed by atoms with Crippen molar-refractivity contribution >= 4 is 106 Å². The second-order valence-corrected chi connectivity index (χ2v) is 31.2. The molecule has 0 aromatic heterocycles. The summed E-state index contributed by atoms with van der Waals surface area (Å²) in [6.45, 7) is 14.0. The molecule has 2 saturated heterocycles. The van der Waals surface area contributed by atoms with E-state index in [1.165, 1.54) is 45.0 Å². The molecule has 21 atom stereocenters. The number of amides is 15. The fraction of sp³-hybridized carbons (Fsp3) is 0.680. The van der Waals surface area contributed by atoms with Crippen molar-refractivity contribution in [2.45, 2.75) is 256 Å². The van der Waals surface area contributed by atoms with Crippen molar-refractivity contribution in [2.24, 2.45) is 91.4 Å². The zero-order chi connectivity index (χ0) is 90.3. The maximum Gasteiger partial charge on any atom is 0.329 e. The van der Waals surface area contributed by atoms with Crippen molar-refractivity contribution in [2.75, 3.05) is 33.8 Å². The molecule has 0 bridgehead atoms. The van der Waals surface area contributed by atoms with E-state index < -0.39 is 259 Å². The van der Waals surface area contributed by atoms with E-state index in [1.807, 2.05) is 13.8 Å². The van der Waals surface area contributed by atoms with Gasteiger partial charge >= 0.3 is 5.97 Å². The summed E-state index contributed by atoms with van der Waals surface area (Å²) in [4.78, 5) is 239. The summed E-state index contributed by atoms with van der Waals surface area (Å²) >= 11 is 0. The van der Waals surface area contributed by atoms with Crippen molar-refractivity contribution in [3.8, 4) is 5.75 Å². The summed E-state index contributed by atoms with van der Waals surface area (Å²) in [5.41, 5.74) is 45.0. The topological polar surface area (TPSA) is 740 Å². The van der Waals surface area contributed by atoms with E-state index in [0.717, 1.165) is 37.8 Å². The fourth-order valence-electron chi connectivity index (χ4n) is 13.7. The number of ether oxygens (including phenoxy) is 2. The number of rotatable bonds is 38. The van der Waals surface area contributed by atoms with Crippen LogP contribution in [0.1, 0.15) is 164 Å². The molecule has 6 unspecified atom stereocenters. The van der Waals surface area contributed by atoms with Gasteiger partial charge < -0.3 is 139 Å². The summed E-state index contributed by atoms with van der Waals surface area (Å²) in [6, 6.07) is -16.1. The number of aliphatic hydroxyl groups excluding tert-OH is 4. The number of cyclic esters (lactones) is 1. The van der Waals surface area contributed by atoms with Crippen LogP contribution in [0.3, 0.4) is 0 Å². The second-order valence-electron chi connectivity index (χ2n) is 31.2. The number of nitrogens with one attached hydrogen (secondary N) is 9. The minimum absolute atomic E-state index is 0.0999. The summed E-state index contributed by atoms with van der Waals surface area (Å²) in [5.74, 6) is -25.4. The molecule has 0 aliphatic carbocycles. The molecule has 44 heteroatoms. The minimum Gasteiger partial charge on any atom is -0.508 e. The fourth-order valence-corrected chi connectivity index (χ4v) is 13.7. The lowest BCUT2D eigenvalue weighted by Gasteiger charge is -2.38. The number of likely N-dealkylation sites (N-methyl/N-ethyl adjacent to an activating group) is 1. The molecule has 119 heavy (non-hydrogen) atoms. The molecular weight excluding hydrogens is 1560 g/mol. The number of hydrogen-bond donors (Lipinski definition) is 22. The summed E-state index contributed by atoms with van der Waals surface area (Å²) < 4.78 is 11.8.